The molecule has 9 nitrogen and oxygen atoms in total. The number of nitrogens with zero attached hydrogens (tertiary/aromatic N) is 1. The number of anilines is 1. The molecule has 0 saturated carbocycles. The second kappa shape index (κ2) is 8.87. The van der Waals surface area contributed by atoms with Crippen molar-refractivity contribution in [1.29, 1.82) is 0 Å². The molecular weight excluding hydrogens is 393 g/mol. The van der Waals surface area contributed by atoms with Crippen LogP contribution in [0, 0.1) is 0 Å². The smallest absolute Gasteiger partial charge is 0.733 e. The summed E-state index contributed by atoms with van der Waals surface area (Å²) in [5.74, 6) is -0.583. The summed E-state index contributed by atoms with van der Waals surface area (Å²) in [6.45, 7) is 0. The number of phenolic OH excluding ortho intramolecular Hbond substituents is 1. The van der Waals surface area contributed by atoms with Gasteiger partial charge in [-0.2, -0.15) is 0 Å². The molecule has 0 aliphatic heterocycles. The van der Waals surface area contributed by atoms with Crippen molar-refractivity contribution in [3.8, 4) is 5.75 Å². The van der Waals surface area contributed by atoms with Crippen molar-refractivity contribution in [2.45, 2.75) is 0 Å². The third-order valence-electron chi connectivity index (χ3n) is 1.65. The van der Waals surface area contributed by atoms with Gasteiger partial charge in [0, 0.05) is 6.07 Å². The molecule has 108 valence electrons. The summed E-state index contributed by atoms with van der Waals surface area (Å²) in [7, 11) is -11.3. The molecule has 0 aromatic heterocycles. The van der Waals surface area contributed by atoms with Crippen molar-refractivity contribution in [3.63, 3.8) is 0 Å². The van der Waals surface area contributed by atoms with Gasteiger partial charge < -0.3 is 14.2 Å². The van der Waals surface area contributed by atoms with E-state index in [1.165, 1.54) is 5.43 Å². The predicted octanol–water partition coefficient (Wildman–Crippen LogP) is -5.74. The van der Waals surface area contributed by atoms with Gasteiger partial charge in [0.15, 0.2) is 20.6 Å². The van der Waals surface area contributed by atoms with Crippen LogP contribution >= 0.6 is 23.2 Å². The first-order valence-corrected chi connectivity index (χ1v) is 7.58. The van der Waals surface area contributed by atoms with Crippen LogP contribution in [0.25, 0.3) is 0 Å². The van der Waals surface area contributed by atoms with Gasteiger partial charge in [-0.05, 0) is 9.89 Å². The summed E-state index contributed by atoms with van der Waals surface area (Å²) >= 11 is 11.0. The molecule has 0 saturated heterocycles. The largest absolute Gasteiger partial charge is 1.00 e. The van der Waals surface area contributed by atoms with Gasteiger partial charge in [-0.15, -0.1) is 0 Å². The van der Waals surface area contributed by atoms with E-state index in [1.807, 2.05) is 0 Å². The molecule has 21 heavy (non-hydrogen) atoms. The van der Waals surface area contributed by atoms with Gasteiger partial charge in [0.2, 0.25) is 0 Å². The maximum Gasteiger partial charge on any atom is 1.00 e. The molecule has 1 aromatic carbocycles. The average Bonchev–Trinajstić information content (AvgIpc) is 2.17. The van der Waals surface area contributed by atoms with E-state index < -0.39 is 35.9 Å². The molecule has 0 spiro atoms. The number of hydrogen-bond acceptors (Lipinski definition) is 8. The fourth-order valence-electron chi connectivity index (χ4n) is 0.945. The molecule has 0 unspecified atom stereocenters. The van der Waals surface area contributed by atoms with E-state index in [2.05, 4.69) is 0 Å². The van der Waals surface area contributed by atoms with Crippen LogP contribution < -0.4 is 64.5 Å². The minimum atomic E-state index is -5.66. The Morgan fingerprint density at radius 1 is 1.00 bits per heavy atom. The van der Waals surface area contributed by atoms with Crippen LogP contribution in [-0.2, 0) is 20.6 Å². The Bertz CT molecular complexity index is 680. The number of phenols is 1. The van der Waals surface area contributed by atoms with Crippen LogP contribution in [0.3, 0.4) is 0 Å². The Balaban J connectivity index is 0. The Labute approximate surface area is 174 Å². The van der Waals surface area contributed by atoms with Crippen LogP contribution in [0.4, 0.5) is 5.69 Å². The number of halogens is 2. The maximum absolute atomic E-state index is 10.6. The summed E-state index contributed by atoms with van der Waals surface area (Å²) in [4.78, 5) is 0. The van der Waals surface area contributed by atoms with Gasteiger partial charge in [0.1, 0.15) is 5.75 Å². The fraction of sp³-hybridized carbons (Fsp3) is 0. The van der Waals surface area contributed by atoms with Crippen molar-refractivity contribution >= 4 is 49.5 Å². The normalized spacial score (nSPS) is 11.5. The van der Waals surface area contributed by atoms with E-state index in [1.54, 1.807) is 0 Å². The van der Waals surface area contributed by atoms with Gasteiger partial charge in [0.25, 0.3) is 0 Å². The molecule has 0 aliphatic carbocycles. The van der Waals surface area contributed by atoms with Gasteiger partial charge in [0.05, 0.1) is 15.7 Å². The molecule has 15 heteroatoms. The third-order valence-corrected chi connectivity index (χ3v) is 4.36. The molecule has 0 atom stereocenters. The van der Waals surface area contributed by atoms with E-state index in [9.17, 15) is 31.0 Å². The number of hydrogen-bond donors (Lipinski definition) is 2. The summed E-state index contributed by atoms with van der Waals surface area (Å²) in [6.07, 6.45) is 0. The minimum Gasteiger partial charge on any atom is -0.733 e. The number of rotatable bonds is 4. The molecule has 0 bridgehead atoms. The molecule has 2 N–H and O–H groups in total. The Morgan fingerprint density at radius 2 is 1.43 bits per heavy atom. The molecule has 0 heterocycles. The molecule has 0 fully saturated rings. The third kappa shape index (κ3) is 7.08. The second-order valence-electron chi connectivity index (χ2n) is 3.01. The first kappa shape index (κ1) is 24.4. The molecule has 0 radical (unpaired) electrons. The molecule has 1 rings (SSSR count). The Morgan fingerprint density at radius 3 is 1.81 bits per heavy atom. The van der Waals surface area contributed by atoms with Crippen LogP contribution in [-0.4, -0.2) is 34.9 Å². The quantitative estimate of drug-likeness (QED) is 0.290. The zero-order valence-corrected chi connectivity index (χ0v) is 17.7. The number of nitrogens with one attached hydrogen (secondary N) is 1. The van der Waals surface area contributed by atoms with Crippen LogP contribution in [0.1, 0.15) is 0 Å². The summed E-state index contributed by atoms with van der Waals surface area (Å²) in [5, 5.41) is 8.69. The first-order chi connectivity index (χ1) is 8.43. The molecule has 1 aromatic rings. The Kier molecular flexibility index (Phi) is 10.3. The standard InChI is InChI=1S/C6H6Cl2N2O7S2.2Na/c7-3-1-4(8)6(11)2-5(3)9-10(18(12,13)14)19(15,16)17;;/h1-2,9,11H,(H,12,13,14)(H,15,16,17);;/q;2*+1/p-2. The zero-order chi connectivity index (χ0) is 15.0. The maximum atomic E-state index is 10.6. The van der Waals surface area contributed by atoms with E-state index in [0.717, 1.165) is 12.1 Å². The van der Waals surface area contributed by atoms with Crippen molar-refractivity contribution in [3.05, 3.63) is 22.2 Å². The predicted molar refractivity (Wildman–Crippen MR) is 63.0 cm³/mol. The minimum absolute atomic E-state index is 0. The summed E-state index contributed by atoms with van der Waals surface area (Å²) in [6, 6.07) is 1.67. The van der Waals surface area contributed by atoms with Crippen molar-refractivity contribution in [1.82, 2.24) is 3.82 Å². The zero-order valence-electron chi connectivity index (χ0n) is 10.6. The first-order valence-electron chi connectivity index (χ1n) is 4.10. The topological polar surface area (TPSA) is 150 Å². The number of benzene rings is 1. The second-order valence-corrected chi connectivity index (χ2v) is 6.49. The monoisotopic (exact) mass is 396 g/mol. The van der Waals surface area contributed by atoms with Gasteiger partial charge in [-0.25, -0.2) is 16.8 Å². The van der Waals surface area contributed by atoms with Crippen LogP contribution in [0.2, 0.25) is 10.0 Å². The number of hydrazine groups is 1. The van der Waals surface area contributed by atoms with Crippen molar-refractivity contribution < 1.29 is 90.2 Å². The van der Waals surface area contributed by atoms with Gasteiger partial charge >= 0.3 is 59.1 Å². The Hall–Kier alpha value is 1.18. The van der Waals surface area contributed by atoms with Crippen LogP contribution in [0.15, 0.2) is 12.1 Å². The molecule has 0 amide bonds. The SMILES string of the molecule is O=S(=O)([O-])N(Nc1cc(O)c(Cl)cc1Cl)S(=O)(=O)[O-].[Na+].[Na+]. The van der Waals surface area contributed by atoms with E-state index in [-0.39, 0.29) is 69.2 Å². The molecular formula is C6H4Cl2N2Na2O7S2. The molecule has 0 aliphatic rings. The van der Waals surface area contributed by atoms with Gasteiger partial charge in [-0.1, -0.05) is 23.2 Å². The van der Waals surface area contributed by atoms with E-state index in [4.69, 9.17) is 23.2 Å². The van der Waals surface area contributed by atoms with E-state index >= 15 is 0 Å². The van der Waals surface area contributed by atoms with Crippen LogP contribution in [0.5, 0.6) is 5.75 Å². The van der Waals surface area contributed by atoms with Gasteiger partial charge in [-0.3, -0.25) is 5.43 Å². The van der Waals surface area contributed by atoms with Crippen molar-refractivity contribution in [2.75, 3.05) is 5.43 Å². The average molecular weight is 397 g/mol. The summed E-state index contributed by atoms with van der Waals surface area (Å²) < 4.78 is 62.8. The van der Waals surface area contributed by atoms with E-state index in [0.29, 0.717) is 0 Å². The fourth-order valence-corrected chi connectivity index (χ4v) is 2.69. The van der Waals surface area contributed by atoms with Crippen molar-refractivity contribution in [2.24, 2.45) is 0 Å². The number of aromatic hydroxyl groups is 1. The summed E-state index contributed by atoms with van der Waals surface area (Å²) in [5.41, 5.74) is 0.952.